The maximum atomic E-state index is 14.8. The van der Waals surface area contributed by atoms with Gasteiger partial charge in [-0.25, -0.2) is 5.01 Å². The summed E-state index contributed by atoms with van der Waals surface area (Å²) in [6, 6.07) is 36.9. The fourth-order valence-electron chi connectivity index (χ4n) is 5.09. The molecule has 1 spiro atoms. The molecule has 182 valence electrons. The highest BCUT2D eigenvalue weighted by Crippen LogP contribution is 2.50. The molecule has 0 fully saturated rings. The van der Waals surface area contributed by atoms with Crippen molar-refractivity contribution in [3.05, 3.63) is 126 Å². The zero-order chi connectivity index (χ0) is 25.4. The number of benzene rings is 4. The van der Waals surface area contributed by atoms with Gasteiger partial charge >= 0.3 is 0 Å². The highest BCUT2D eigenvalue weighted by Gasteiger charge is 2.65. The van der Waals surface area contributed by atoms with Crippen LogP contribution in [0.2, 0.25) is 0 Å². The second kappa shape index (κ2) is 9.33. The van der Waals surface area contributed by atoms with Gasteiger partial charge in [-0.15, -0.1) is 0 Å². The summed E-state index contributed by atoms with van der Waals surface area (Å²) < 4.78 is 6.05. The molecule has 6 rings (SSSR count). The molecule has 0 radical (unpaired) electrons. The summed E-state index contributed by atoms with van der Waals surface area (Å²) in [5.74, 6) is 0.101. The topological polar surface area (TPSA) is 57.5 Å². The molecule has 6 nitrogen and oxygen atoms in total. The fourth-order valence-corrected chi connectivity index (χ4v) is 5.84. The van der Waals surface area contributed by atoms with E-state index in [-0.39, 0.29) is 5.91 Å². The quantitative estimate of drug-likeness (QED) is 0.297. The van der Waals surface area contributed by atoms with Gasteiger partial charge in [0, 0.05) is 5.56 Å². The van der Waals surface area contributed by atoms with Crippen molar-refractivity contribution in [2.24, 2.45) is 10.2 Å². The van der Waals surface area contributed by atoms with Crippen LogP contribution < -0.4 is 14.8 Å². The Hall–Kier alpha value is -4.23. The van der Waals surface area contributed by atoms with E-state index in [1.807, 2.05) is 120 Å². The van der Waals surface area contributed by atoms with E-state index in [0.717, 1.165) is 22.6 Å². The molecule has 2 heterocycles. The van der Waals surface area contributed by atoms with Gasteiger partial charge in [-0.1, -0.05) is 78.9 Å². The van der Waals surface area contributed by atoms with Crippen molar-refractivity contribution in [3.8, 4) is 5.75 Å². The van der Waals surface area contributed by atoms with Crippen molar-refractivity contribution in [2.45, 2.75) is 11.5 Å². The molecule has 0 bridgehead atoms. The number of hydrazone groups is 2. The molecule has 2 aliphatic heterocycles. The molecule has 0 aliphatic carbocycles. The summed E-state index contributed by atoms with van der Waals surface area (Å²) in [6.45, 7) is 0. The van der Waals surface area contributed by atoms with Gasteiger partial charge in [0.2, 0.25) is 5.54 Å². The number of hydrogen-bond donors (Lipinski definition) is 0. The van der Waals surface area contributed by atoms with E-state index in [0.29, 0.717) is 16.0 Å². The predicted octanol–water partition coefficient (Wildman–Crippen LogP) is 6.20. The second-order valence-electron chi connectivity index (χ2n) is 8.81. The lowest BCUT2D eigenvalue weighted by atomic mass is 9.74. The number of carbonyl (C=O) groups excluding carboxylic acids is 1. The first-order chi connectivity index (χ1) is 18.1. The summed E-state index contributed by atoms with van der Waals surface area (Å²) in [5.41, 5.74) is 2.62. The summed E-state index contributed by atoms with van der Waals surface area (Å²) >= 11 is 3.75. The summed E-state index contributed by atoms with van der Waals surface area (Å²) in [5, 5.41) is 13.3. The molecule has 4 aromatic rings. The first-order valence-electron chi connectivity index (χ1n) is 11.9. The van der Waals surface area contributed by atoms with Crippen LogP contribution in [-0.2, 0) is 4.79 Å². The third kappa shape index (κ3) is 3.65. The van der Waals surface area contributed by atoms with Crippen LogP contribution >= 0.6 is 15.9 Å². The standard InChI is InChI=1S/C30H23BrN4O2/c1-37-25-19-17-21(18-20-25)26-28(31)33-35(24-15-9-4-10-16-24)30(26)27(22-11-5-2-6-12-22)32-34(29(30)36)23-13-7-3-8-14-23/h2-20,26H,1H3. The third-order valence-electron chi connectivity index (χ3n) is 6.76. The second-order valence-corrected chi connectivity index (χ2v) is 9.62. The van der Waals surface area contributed by atoms with Crippen molar-refractivity contribution in [2.75, 3.05) is 17.1 Å². The SMILES string of the molecule is COc1ccc(C2C(Br)=NN(c3ccccc3)C23C(=O)N(c2ccccc2)N=C3c2ccccc2)cc1. The third-order valence-corrected chi connectivity index (χ3v) is 7.38. The molecule has 0 saturated heterocycles. The minimum Gasteiger partial charge on any atom is -0.497 e. The van der Waals surface area contributed by atoms with Crippen LogP contribution in [0.3, 0.4) is 0 Å². The minimum atomic E-state index is -1.27. The molecule has 1 amide bonds. The first-order valence-corrected chi connectivity index (χ1v) is 12.7. The molecule has 4 aromatic carbocycles. The number of rotatable bonds is 5. The number of amides is 1. The van der Waals surface area contributed by atoms with E-state index in [9.17, 15) is 4.79 Å². The van der Waals surface area contributed by atoms with Crippen LogP contribution in [0.1, 0.15) is 17.0 Å². The lowest BCUT2D eigenvalue weighted by molar-refractivity contribution is -0.120. The van der Waals surface area contributed by atoms with Crippen LogP contribution in [-0.4, -0.2) is 28.9 Å². The Bertz CT molecular complexity index is 1490. The molecular formula is C30H23BrN4O2. The van der Waals surface area contributed by atoms with Crippen molar-refractivity contribution in [1.82, 2.24) is 0 Å². The number of hydrogen-bond acceptors (Lipinski definition) is 5. The molecule has 2 aliphatic rings. The van der Waals surface area contributed by atoms with Crippen LogP contribution in [0, 0.1) is 0 Å². The number of carbonyl (C=O) groups is 1. The highest BCUT2D eigenvalue weighted by atomic mass is 79.9. The average Bonchev–Trinajstić information content (AvgIpc) is 3.44. The Morgan fingerprint density at radius 3 is 1.92 bits per heavy atom. The molecule has 2 unspecified atom stereocenters. The van der Waals surface area contributed by atoms with Gasteiger partial charge in [0.1, 0.15) is 16.1 Å². The average molecular weight is 551 g/mol. The minimum absolute atomic E-state index is 0.180. The van der Waals surface area contributed by atoms with Gasteiger partial charge in [-0.3, -0.25) is 4.79 Å². The Balaban J connectivity index is 1.63. The van der Waals surface area contributed by atoms with Gasteiger partial charge in [-0.05, 0) is 57.9 Å². The van der Waals surface area contributed by atoms with Crippen molar-refractivity contribution >= 4 is 43.5 Å². The molecule has 0 N–H and O–H groups in total. The molecule has 0 saturated carbocycles. The Morgan fingerprint density at radius 2 is 1.32 bits per heavy atom. The molecule has 37 heavy (non-hydrogen) atoms. The molecule has 2 atom stereocenters. The van der Waals surface area contributed by atoms with E-state index in [1.165, 1.54) is 5.01 Å². The zero-order valence-corrected chi connectivity index (χ0v) is 21.6. The lowest BCUT2D eigenvalue weighted by Crippen LogP contribution is -2.60. The van der Waals surface area contributed by atoms with Gasteiger partial charge in [0.15, 0.2) is 0 Å². The van der Waals surface area contributed by atoms with Crippen molar-refractivity contribution < 1.29 is 9.53 Å². The van der Waals surface area contributed by atoms with E-state index in [2.05, 4.69) is 15.9 Å². The molecular weight excluding hydrogens is 528 g/mol. The van der Waals surface area contributed by atoms with Gasteiger partial charge < -0.3 is 4.74 Å². The first kappa shape index (κ1) is 23.2. The molecule has 7 heteroatoms. The zero-order valence-electron chi connectivity index (χ0n) is 20.0. The van der Waals surface area contributed by atoms with Gasteiger partial charge in [0.05, 0.1) is 24.4 Å². The van der Waals surface area contributed by atoms with Gasteiger partial charge in [-0.2, -0.15) is 15.2 Å². The van der Waals surface area contributed by atoms with E-state index >= 15 is 0 Å². The summed E-state index contributed by atoms with van der Waals surface area (Å²) in [4.78, 5) is 14.8. The van der Waals surface area contributed by atoms with Crippen molar-refractivity contribution in [1.29, 1.82) is 0 Å². The fraction of sp³-hybridized carbons (Fsp3) is 0.100. The van der Waals surface area contributed by atoms with Crippen LogP contribution in [0.4, 0.5) is 11.4 Å². The Labute approximate surface area is 223 Å². The van der Waals surface area contributed by atoms with Gasteiger partial charge in [0.25, 0.3) is 5.91 Å². The van der Waals surface area contributed by atoms with E-state index in [1.54, 1.807) is 7.11 Å². The van der Waals surface area contributed by atoms with E-state index in [4.69, 9.17) is 14.9 Å². The summed E-state index contributed by atoms with van der Waals surface area (Å²) in [7, 11) is 1.64. The Kier molecular flexibility index (Phi) is 5.85. The normalized spacial score (nSPS) is 20.8. The number of methoxy groups -OCH3 is 1. The maximum absolute atomic E-state index is 14.8. The molecule has 0 aromatic heterocycles. The van der Waals surface area contributed by atoms with Crippen LogP contribution in [0.5, 0.6) is 5.75 Å². The van der Waals surface area contributed by atoms with Crippen LogP contribution in [0.25, 0.3) is 0 Å². The van der Waals surface area contributed by atoms with Crippen LogP contribution in [0.15, 0.2) is 125 Å². The lowest BCUT2D eigenvalue weighted by Gasteiger charge is -2.38. The number of ether oxygens (including phenoxy) is 1. The number of para-hydroxylation sites is 2. The maximum Gasteiger partial charge on any atom is 0.282 e. The Morgan fingerprint density at radius 1 is 0.757 bits per heavy atom. The number of anilines is 2. The predicted molar refractivity (Wildman–Crippen MR) is 151 cm³/mol. The van der Waals surface area contributed by atoms with Crippen molar-refractivity contribution in [3.63, 3.8) is 0 Å². The highest BCUT2D eigenvalue weighted by molar-refractivity contribution is 9.18. The number of halogens is 1. The smallest absolute Gasteiger partial charge is 0.282 e. The monoisotopic (exact) mass is 550 g/mol. The largest absolute Gasteiger partial charge is 0.497 e. The number of nitrogens with zero attached hydrogens (tertiary/aromatic N) is 4. The van der Waals surface area contributed by atoms with E-state index < -0.39 is 11.5 Å². The summed E-state index contributed by atoms with van der Waals surface area (Å²) in [6.07, 6.45) is 0.